The fraction of sp³-hybridized carbons (Fsp3) is 0.167. The SMILES string of the molecule is Cc1cnc(I)cc1I. The molecule has 0 spiro atoms. The van der Waals surface area contributed by atoms with E-state index >= 15 is 0 Å². The molecule has 0 fully saturated rings. The molecule has 48 valence electrons. The van der Waals surface area contributed by atoms with Crippen molar-refractivity contribution in [3.8, 4) is 0 Å². The maximum Gasteiger partial charge on any atom is 0.102 e. The number of halogens is 2. The van der Waals surface area contributed by atoms with Gasteiger partial charge in [0.15, 0.2) is 0 Å². The van der Waals surface area contributed by atoms with Crippen LogP contribution in [0.1, 0.15) is 5.56 Å². The molecule has 0 saturated heterocycles. The fourth-order valence-corrected chi connectivity index (χ4v) is 1.96. The highest BCUT2D eigenvalue weighted by atomic mass is 127. The van der Waals surface area contributed by atoms with Gasteiger partial charge in [0.05, 0.1) is 0 Å². The van der Waals surface area contributed by atoms with Gasteiger partial charge in [0.1, 0.15) is 3.70 Å². The van der Waals surface area contributed by atoms with Crippen LogP contribution in [-0.4, -0.2) is 4.98 Å². The molecule has 1 aromatic rings. The zero-order chi connectivity index (χ0) is 6.85. The first-order valence-electron chi connectivity index (χ1n) is 2.48. The lowest BCUT2D eigenvalue weighted by molar-refractivity contribution is 1.21. The molecule has 0 N–H and O–H groups in total. The van der Waals surface area contributed by atoms with Crippen LogP contribution in [0.25, 0.3) is 0 Å². The number of hydrogen-bond donors (Lipinski definition) is 0. The number of aryl methyl sites for hydroxylation is 1. The van der Waals surface area contributed by atoms with Crippen LogP contribution in [0.5, 0.6) is 0 Å². The Morgan fingerprint density at radius 3 is 2.56 bits per heavy atom. The van der Waals surface area contributed by atoms with Gasteiger partial charge in [-0.15, -0.1) is 0 Å². The molecule has 1 rings (SSSR count). The van der Waals surface area contributed by atoms with E-state index in [-0.39, 0.29) is 0 Å². The van der Waals surface area contributed by atoms with Gasteiger partial charge in [0, 0.05) is 9.77 Å². The van der Waals surface area contributed by atoms with E-state index in [2.05, 4.69) is 63.2 Å². The minimum Gasteiger partial charge on any atom is -0.250 e. The molecule has 1 aromatic heterocycles. The molecule has 0 unspecified atom stereocenters. The van der Waals surface area contributed by atoms with E-state index in [1.54, 1.807) is 0 Å². The lowest BCUT2D eigenvalue weighted by atomic mass is 10.3. The van der Waals surface area contributed by atoms with Crippen LogP contribution in [-0.2, 0) is 0 Å². The van der Waals surface area contributed by atoms with E-state index in [1.807, 2.05) is 6.20 Å². The normalized spacial score (nSPS) is 9.67. The van der Waals surface area contributed by atoms with Gasteiger partial charge in [-0.05, 0) is 63.7 Å². The molecule has 0 amide bonds. The summed E-state index contributed by atoms with van der Waals surface area (Å²) >= 11 is 4.51. The van der Waals surface area contributed by atoms with Gasteiger partial charge in [-0.3, -0.25) is 0 Å². The van der Waals surface area contributed by atoms with Crippen LogP contribution >= 0.6 is 45.2 Å². The van der Waals surface area contributed by atoms with Gasteiger partial charge >= 0.3 is 0 Å². The third-order valence-electron chi connectivity index (χ3n) is 1.00. The van der Waals surface area contributed by atoms with E-state index < -0.39 is 0 Å². The fourth-order valence-electron chi connectivity index (χ4n) is 0.476. The lowest BCUT2D eigenvalue weighted by Gasteiger charge is -1.94. The molecule has 0 aliphatic heterocycles. The van der Waals surface area contributed by atoms with E-state index in [9.17, 15) is 0 Å². The van der Waals surface area contributed by atoms with Crippen molar-refractivity contribution < 1.29 is 0 Å². The van der Waals surface area contributed by atoms with Crippen LogP contribution in [0.2, 0.25) is 0 Å². The largest absolute Gasteiger partial charge is 0.250 e. The number of rotatable bonds is 0. The first kappa shape index (κ1) is 7.71. The summed E-state index contributed by atoms with van der Waals surface area (Å²) in [6.07, 6.45) is 1.89. The molecule has 9 heavy (non-hydrogen) atoms. The summed E-state index contributed by atoms with van der Waals surface area (Å²) in [5.74, 6) is 0. The van der Waals surface area contributed by atoms with Crippen LogP contribution < -0.4 is 0 Å². The first-order valence-corrected chi connectivity index (χ1v) is 4.63. The second-order valence-electron chi connectivity index (χ2n) is 1.76. The third kappa shape index (κ3) is 2.03. The quantitative estimate of drug-likeness (QED) is 0.521. The van der Waals surface area contributed by atoms with Crippen LogP contribution in [0.3, 0.4) is 0 Å². The van der Waals surface area contributed by atoms with E-state index in [0.29, 0.717) is 0 Å². The zero-order valence-electron chi connectivity index (χ0n) is 4.86. The van der Waals surface area contributed by atoms with Crippen molar-refractivity contribution in [2.24, 2.45) is 0 Å². The van der Waals surface area contributed by atoms with Crippen molar-refractivity contribution in [3.05, 3.63) is 25.1 Å². The third-order valence-corrected chi connectivity index (χ3v) is 2.76. The van der Waals surface area contributed by atoms with E-state index in [1.165, 1.54) is 9.13 Å². The molecule has 0 atom stereocenters. The second kappa shape index (κ2) is 3.14. The molecular formula is C6H5I2N. The van der Waals surface area contributed by atoms with Gasteiger partial charge < -0.3 is 0 Å². The number of hydrogen-bond acceptors (Lipinski definition) is 1. The minimum absolute atomic E-state index is 1.06. The molecule has 1 nitrogen and oxygen atoms in total. The molecule has 0 aliphatic rings. The Hall–Kier alpha value is 0.610. The van der Waals surface area contributed by atoms with Gasteiger partial charge in [-0.1, -0.05) is 0 Å². The Kier molecular flexibility index (Phi) is 2.69. The average Bonchev–Trinajstić information content (AvgIpc) is 1.80. The molecule has 3 heteroatoms. The lowest BCUT2D eigenvalue weighted by Crippen LogP contribution is -1.84. The highest BCUT2D eigenvalue weighted by Gasteiger charge is 1.93. The van der Waals surface area contributed by atoms with E-state index in [4.69, 9.17) is 0 Å². The smallest absolute Gasteiger partial charge is 0.102 e. The van der Waals surface area contributed by atoms with Gasteiger partial charge in [0.25, 0.3) is 0 Å². The first-order chi connectivity index (χ1) is 4.20. The Bertz CT molecular complexity index is 222. The molecular weight excluding hydrogens is 340 g/mol. The molecule has 0 saturated carbocycles. The summed E-state index contributed by atoms with van der Waals surface area (Å²) < 4.78 is 2.34. The standard InChI is InChI=1S/C6H5I2N/c1-4-3-9-6(8)2-5(4)7/h2-3H,1H3. The summed E-state index contributed by atoms with van der Waals surface area (Å²) in [5, 5.41) is 0. The maximum absolute atomic E-state index is 4.12. The molecule has 0 bridgehead atoms. The van der Waals surface area contributed by atoms with Crippen molar-refractivity contribution >= 4 is 45.2 Å². The van der Waals surface area contributed by atoms with Gasteiger partial charge in [0.2, 0.25) is 0 Å². The highest BCUT2D eigenvalue weighted by Crippen LogP contribution is 2.11. The highest BCUT2D eigenvalue weighted by molar-refractivity contribution is 14.1. The van der Waals surface area contributed by atoms with Crippen molar-refractivity contribution in [2.75, 3.05) is 0 Å². The predicted molar refractivity (Wildman–Crippen MR) is 54.4 cm³/mol. The monoisotopic (exact) mass is 345 g/mol. The zero-order valence-corrected chi connectivity index (χ0v) is 9.17. The van der Waals surface area contributed by atoms with E-state index in [0.717, 1.165) is 3.70 Å². The Morgan fingerprint density at radius 2 is 2.11 bits per heavy atom. The average molecular weight is 345 g/mol. The summed E-state index contributed by atoms with van der Waals surface area (Å²) in [6.45, 7) is 2.06. The Morgan fingerprint density at radius 1 is 1.44 bits per heavy atom. The second-order valence-corrected chi connectivity index (χ2v) is 4.02. The van der Waals surface area contributed by atoms with Crippen molar-refractivity contribution in [3.63, 3.8) is 0 Å². The number of aromatic nitrogens is 1. The predicted octanol–water partition coefficient (Wildman–Crippen LogP) is 2.60. The van der Waals surface area contributed by atoms with Gasteiger partial charge in [-0.25, -0.2) is 4.98 Å². The maximum atomic E-state index is 4.12. The van der Waals surface area contributed by atoms with Crippen LogP contribution in [0, 0.1) is 14.2 Å². The molecule has 0 aromatic carbocycles. The molecule has 1 heterocycles. The molecule has 0 aliphatic carbocycles. The number of nitrogens with zero attached hydrogens (tertiary/aromatic N) is 1. The summed E-state index contributed by atoms with van der Waals surface area (Å²) in [7, 11) is 0. The summed E-state index contributed by atoms with van der Waals surface area (Å²) in [5.41, 5.74) is 1.25. The summed E-state index contributed by atoms with van der Waals surface area (Å²) in [6, 6.07) is 2.07. The summed E-state index contributed by atoms with van der Waals surface area (Å²) in [4.78, 5) is 4.12. The Balaban J connectivity index is 3.17. The minimum atomic E-state index is 1.06. The Labute approximate surface area is 81.5 Å². The van der Waals surface area contributed by atoms with Crippen molar-refractivity contribution in [1.82, 2.24) is 4.98 Å². The topological polar surface area (TPSA) is 12.9 Å². The van der Waals surface area contributed by atoms with Gasteiger partial charge in [-0.2, -0.15) is 0 Å². The number of pyridine rings is 1. The van der Waals surface area contributed by atoms with Crippen molar-refractivity contribution in [2.45, 2.75) is 6.92 Å². The van der Waals surface area contributed by atoms with Crippen LogP contribution in [0.4, 0.5) is 0 Å². The van der Waals surface area contributed by atoms with Crippen LogP contribution in [0.15, 0.2) is 12.3 Å². The molecule has 0 radical (unpaired) electrons. The van der Waals surface area contributed by atoms with Crippen molar-refractivity contribution in [1.29, 1.82) is 0 Å².